The summed E-state index contributed by atoms with van der Waals surface area (Å²) in [6, 6.07) is 21.7. The third kappa shape index (κ3) is 3.48. The number of nitrogens with zero attached hydrogens (tertiary/aromatic N) is 3. The van der Waals surface area contributed by atoms with Crippen LogP contribution in [-0.4, -0.2) is 23.1 Å². The molecule has 1 unspecified atom stereocenters. The number of hydrogen-bond donors (Lipinski definition) is 1. The summed E-state index contributed by atoms with van der Waals surface area (Å²) in [4.78, 5) is 13.3. The second kappa shape index (κ2) is 8.27. The predicted octanol–water partition coefficient (Wildman–Crippen LogP) is 4.62. The Kier molecular flexibility index (Phi) is 5.23. The van der Waals surface area contributed by atoms with Gasteiger partial charge in [0.05, 0.1) is 11.3 Å². The van der Waals surface area contributed by atoms with Gasteiger partial charge in [-0.15, -0.1) is 0 Å². The quantitative estimate of drug-likeness (QED) is 0.411. The van der Waals surface area contributed by atoms with Gasteiger partial charge in [0.2, 0.25) is 5.69 Å². The van der Waals surface area contributed by atoms with Crippen molar-refractivity contribution in [2.45, 2.75) is 19.3 Å². The molecule has 0 bridgehead atoms. The van der Waals surface area contributed by atoms with Crippen molar-refractivity contribution in [1.82, 2.24) is 5.32 Å². The van der Waals surface area contributed by atoms with Gasteiger partial charge in [-0.3, -0.25) is 4.79 Å². The Morgan fingerprint density at radius 3 is 2.46 bits per heavy atom. The monoisotopic (exact) mass is 459 g/mol. The Balaban J connectivity index is 1.50. The lowest BCUT2D eigenvalue weighted by Crippen LogP contribution is -2.36. The molecule has 3 aliphatic rings. The fraction of sp³-hybridized carbons (Fsp3) is 0.172. The fourth-order valence-corrected chi connectivity index (χ4v) is 4.95. The topological polar surface area (TPSA) is 88.9 Å². The van der Waals surface area contributed by atoms with Crippen LogP contribution in [-0.2, 0) is 14.9 Å². The van der Waals surface area contributed by atoms with Crippen molar-refractivity contribution >= 4 is 22.9 Å². The summed E-state index contributed by atoms with van der Waals surface area (Å²) in [7, 11) is 1.97. The van der Waals surface area contributed by atoms with Gasteiger partial charge < -0.3 is 10.1 Å². The number of nitrogens with one attached hydrogen (secondary N) is 1. The molecule has 0 radical (unpaired) electrons. The van der Waals surface area contributed by atoms with Crippen LogP contribution in [0.1, 0.15) is 25.0 Å². The molecule has 5 rings (SSSR count). The molecule has 0 amide bonds. The number of benzene rings is 2. The minimum Gasteiger partial charge on any atom is -0.439 e. The molecule has 1 N–H and O–H groups in total. The van der Waals surface area contributed by atoms with Gasteiger partial charge in [0.1, 0.15) is 24.8 Å². The highest BCUT2D eigenvalue weighted by Gasteiger charge is 2.47. The number of carbonyl (C=O) groups excluding carboxylic acids is 1. The van der Waals surface area contributed by atoms with E-state index < -0.39 is 5.92 Å². The van der Waals surface area contributed by atoms with E-state index in [0.717, 1.165) is 22.5 Å². The molecule has 6 heteroatoms. The van der Waals surface area contributed by atoms with Gasteiger partial charge in [-0.25, -0.2) is 0 Å². The zero-order valence-electron chi connectivity index (χ0n) is 19.7. The van der Waals surface area contributed by atoms with Crippen LogP contribution in [0.3, 0.4) is 0 Å². The van der Waals surface area contributed by atoms with Crippen LogP contribution in [0.15, 0.2) is 95.6 Å². The van der Waals surface area contributed by atoms with E-state index >= 15 is 0 Å². The molecule has 2 aliphatic heterocycles. The van der Waals surface area contributed by atoms with Gasteiger partial charge in [0.25, 0.3) is 0 Å². The SMILES string of the molecule is C[N+]1=C(/C=C2\C(=O)C(/C=C3/NC=C(c4ccccc4)O3)C2=C(C#N)C#N)C(C)(C)c2ccccc21. The highest BCUT2D eigenvalue weighted by Crippen LogP contribution is 2.44. The Labute approximate surface area is 204 Å². The van der Waals surface area contributed by atoms with Gasteiger partial charge in [0, 0.05) is 40.6 Å². The van der Waals surface area contributed by atoms with Crippen molar-refractivity contribution in [3.8, 4) is 12.1 Å². The number of para-hydroxylation sites is 1. The third-order valence-corrected chi connectivity index (χ3v) is 6.81. The number of nitriles is 2. The molecule has 1 fully saturated rings. The Morgan fingerprint density at radius 1 is 1.09 bits per heavy atom. The molecule has 0 saturated heterocycles. The zero-order chi connectivity index (χ0) is 24.7. The lowest BCUT2D eigenvalue weighted by atomic mass is 9.69. The van der Waals surface area contributed by atoms with Crippen molar-refractivity contribution in [2.75, 3.05) is 7.05 Å². The lowest BCUT2D eigenvalue weighted by molar-refractivity contribution is -0.401. The molecule has 0 spiro atoms. The maximum Gasteiger partial charge on any atom is 0.209 e. The van der Waals surface area contributed by atoms with Crippen molar-refractivity contribution in [3.05, 3.63) is 107 Å². The number of fused-ring (bicyclic) bond motifs is 1. The first-order valence-electron chi connectivity index (χ1n) is 11.3. The number of ketones is 1. The number of Topliss-reactive ketones (excluding diaryl/α,β-unsaturated/α-hetero) is 1. The minimum absolute atomic E-state index is 0.0662. The van der Waals surface area contributed by atoms with Gasteiger partial charge in [-0.2, -0.15) is 15.1 Å². The van der Waals surface area contributed by atoms with Gasteiger partial charge in [0.15, 0.2) is 23.1 Å². The molecule has 170 valence electrons. The standard InChI is InChI=1S/C29H23N4O2/c1-29(2)22-11-7-8-12-23(22)33(3)25(29)13-20-27(19(15-30)16-31)21(28(20)34)14-26-32-17-24(35-26)18-9-5-4-6-10-18/h4-14,17,21,32H,1-3H3/q+1/b20-13-,26-14-. The van der Waals surface area contributed by atoms with Crippen molar-refractivity contribution in [1.29, 1.82) is 10.5 Å². The highest BCUT2D eigenvalue weighted by molar-refractivity contribution is 6.19. The van der Waals surface area contributed by atoms with E-state index in [9.17, 15) is 15.3 Å². The average molecular weight is 460 g/mol. The van der Waals surface area contributed by atoms with E-state index in [2.05, 4.69) is 29.8 Å². The van der Waals surface area contributed by atoms with Crippen molar-refractivity contribution in [2.24, 2.45) is 5.92 Å². The largest absolute Gasteiger partial charge is 0.439 e. The van der Waals surface area contributed by atoms with Crippen LogP contribution in [0.2, 0.25) is 0 Å². The lowest BCUT2D eigenvalue weighted by Gasteiger charge is -2.30. The number of hydrogen-bond acceptors (Lipinski definition) is 5. The summed E-state index contributed by atoms with van der Waals surface area (Å²) in [6.45, 7) is 4.21. The number of carbonyl (C=O) groups is 1. The second-order valence-electron chi connectivity index (χ2n) is 9.15. The van der Waals surface area contributed by atoms with Crippen LogP contribution in [0, 0.1) is 28.6 Å². The molecule has 2 aromatic carbocycles. The predicted molar refractivity (Wildman–Crippen MR) is 132 cm³/mol. The molecule has 1 aliphatic carbocycles. The number of ether oxygens (including phenoxy) is 1. The minimum atomic E-state index is -0.737. The molecular formula is C29H23N4O2+. The molecule has 6 nitrogen and oxygen atoms in total. The second-order valence-corrected chi connectivity index (χ2v) is 9.15. The van der Waals surface area contributed by atoms with E-state index in [1.165, 1.54) is 0 Å². The van der Waals surface area contributed by atoms with Crippen LogP contribution in [0.5, 0.6) is 0 Å². The Bertz CT molecular complexity index is 1490. The summed E-state index contributed by atoms with van der Waals surface area (Å²) in [6.07, 6.45) is 5.19. The average Bonchev–Trinajstić information content (AvgIpc) is 3.42. The zero-order valence-corrected chi connectivity index (χ0v) is 19.7. The van der Waals surface area contributed by atoms with E-state index in [-0.39, 0.29) is 16.8 Å². The van der Waals surface area contributed by atoms with Crippen molar-refractivity contribution in [3.63, 3.8) is 0 Å². The van der Waals surface area contributed by atoms with Crippen LogP contribution < -0.4 is 5.32 Å². The van der Waals surface area contributed by atoms with E-state index in [4.69, 9.17) is 4.74 Å². The summed E-state index contributed by atoms with van der Waals surface area (Å²) in [5.74, 6) is 0.141. The first-order valence-corrected chi connectivity index (χ1v) is 11.3. The van der Waals surface area contributed by atoms with Gasteiger partial charge in [-0.05, 0) is 19.9 Å². The first kappa shape index (κ1) is 22.1. The summed E-state index contributed by atoms with van der Waals surface area (Å²) in [5.41, 5.74) is 4.49. The molecule has 2 heterocycles. The third-order valence-electron chi connectivity index (χ3n) is 6.81. The first-order chi connectivity index (χ1) is 16.9. The highest BCUT2D eigenvalue weighted by atomic mass is 16.5. The maximum absolute atomic E-state index is 13.3. The number of rotatable bonds is 3. The molecular weight excluding hydrogens is 436 g/mol. The van der Waals surface area contributed by atoms with E-state index in [0.29, 0.717) is 22.8 Å². The normalized spacial score (nSPS) is 22.1. The Morgan fingerprint density at radius 2 is 1.77 bits per heavy atom. The summed E-state index contributed by atoms with van der Waals surface area (Å²) in [5, 5.41) is 22.3. The molecule has 1 saturated carbocycles. The van der Waals surface area contributed by atoms with Crippen molar-refractivity contribution < 1.29 is 14.1 Å². The Hall–Kier alpha value is -4.68. The molecule has 1 atom stereocenters. The van der Waals surface area contributed by atoms with Crippen LogP contribution in [0.25, 0.3) is 5.76 Å². The van der Waals surface area contributed by atoms with E-state index in [1.807, 2.05) is 73.8 Å². The smallest absolute Gasteiger partial charge is 0.209 e. The molecule has 35 heavy (non-hydrogen) atoms. The van der Waals surface area contributed by atoms with E-state index in [1.54, 1.807) is 12.3 Å². The van der Waals surface area contributed by atoms with Crippen LogP contribution in [0.4, 0.5) is 5.69 Å². The van der Waals surface area contributed by atoms with Crippen LogP contribution >= 0.6 is 0 Å². The van der Waals surface area contributed by atoms with Gasteiger partial charge >= 0.3 is 0 Å². The summed E-state index contributed by atoms with van der Waals surface area (Å²) >= 11 is 0. The number of allylic oxidation sites excluding steroid dienone is 5. The molecule has 2 aromatic rings. The summed E-state index contributed by atoms with van der Waals surface area (Å²) < 4.78 is 7.96. The maximum atomic E-state index is 13.3. The fourth-order valence-electron chi connectivity index (χ4n) is 4.95. The molecule has 0 aromatic heterocycles. The van der Waals surface area contributed by atoms with Gasteiger partial charge in [-0.1, -0.05) is 48.5 Å².